The van der Waals surface area contributed by atoms with Gasteiger partial charge in [-0.3, -0.25) is 0 Å². The van der Waals surface area contributed by atoms with E-state index in [9.17, 15) is 17.6 Å². The van der Waals surface area contributed by atoms with Crippen molar-refractivity contribution in [2.45, 2.75) is 24.9 Å². The van der Waals surface area contributed by atoms with Crippen LogP contribution < -0.4 is 11.5 Å². The van der Waals surface area contributed by atoms with Crippen LogP contribution in [0.5, 0.6) is 0 Å². The first kappa shape index (κ1) is 22.7. The number of aliphatic imine (C=N–C) groups is 2. The molecule has 0 spiro atoms. The lowest BCUT2D eigenvalue weighted by molar-refractivity contribution is 0.260. The van der Waals surface area contributed by atoms with Crippen molar-refractivity contribution in [2.75, 3.05) is 13.2 Å². The minimum atomic E-state index is -1.51. The summed E-state index contributed by atoms with van der Waals surface area (Å²) in [6.45, 7) is 3.52. The van der Waals surface area contributed by atoms with Gasteiger partial charge in [-0.15, -0.1) is 0 Å². The maximum atomic E-state index is 13.6. The Morgan fingerprint density at radius 1 is 0.806 bits per heavy atom. The molecule has 2 aliphatic rings. The van der Waals surface area contributed by atoms with Crippen molar-refractivity contribution < 1.29 is 27.0 Å². The molecular formula is C20H19ClF4N4O2. The van der Waals surface area contributed by atoms with Crippen LogP contribution in [0, 0.1) is 23.3 Å². The molecule has 6 nitrogen and oxygen atoms in total. The second-order valence-electron chi connectivity index (χ2n) is 7.37. The fourth-order valence-corrected chi connectivity index (χ4v) is 3.34. The molecule has 2 heterocycles. The van der Waals surface area contributed by atoms with E-state index in [-0.39, 0.29) is 36.6 Å². The fourth-order valence-electron chi connectivity index (χ4n) is 3.17. The lowest BCUT2D eigenvalue weighted by atomic mass is 9.93. The van der Waals surface area contributed by atoms with Crippen molar-refractivity contribution in [3.63, 3.8) is 0 Å². The van der Waals surface area contributed by atoms with E-state index in [1.54, 1.807) is 13.0 Å². The van der Waals surface area contributed by atoms with E-state index in [1.807, 2.05) is 0 Å². The SMILES string of the molecule is CC1(c2ccc(F)c(F)c2F)COC(N)=N1.C[C@]1(c2cc(Cl)ccc2F)COC(N)=N1. The Balaban J connectivity index is 0.000000176. The Kier molecular flexibility index (Phi) is 6.04. The first-order valence-corrected chi connectivity index (χ1v) is 9.39. The molecule has 2 aliphatic heterocycles. The van der Waals surface area contributed by atoms with Crippen molar-refractivity contribution >= 4 is 23.6 Å². The van der Waals surface area contributed by atoms with E-state index < -0.39 is 28.5 Å². The van der Waals surface area contributed by atoms with Gasteiger partial charge in [0.25, 0.3) is 12.0 Å². The van der Waals surface area contributed by atoms with Gasteiger partial charge >= 0.3 is 0 Å². The van der Waals surface area contributed by atoms with Crippen LogP contribution in [0.3, 0.4) is 0 Å². The average molecular weight is 459 g/mol. The third-order valence-corrected chi connectivity index (χ3v) is 5.08. The summed E-state index contributed by atoms with van der Waals surface area (Å²) in [7, 11) is 0. The molecule has 0 aliphatic carbocycles. The molecule has 0 bridgehead atoms. The second-order valence-corrected chi connectivity index (χ2v) is 7.81. The highest BCUT2D eigenvalue weighted by molar-refractivity contribution is 6.30. The normalized spacial score (nSPS) is 24.5. The van der Waals surface area contributed by atoms with Crippen LogP contribution in [0.1, 0.15) is 25.0 Å². The molecule has 4 rings (SSSR count). The summed E-state index contributed by atoms with van der Waals surface area (Å²) in [6, 6.07) is 6.33. The largest absolute Gasteiger partial charge is 0.462 e. The number of amidine groups is 2. The van der Waals surface area contributed by atoms with E-state index in [0.29, 0.717) is 10.6 Å². The van der Waals surface area contributed by atoms with E-state index >= 15 is 0 Å². The quantitative estimate of drug-likeness (QED) is 0.530. The molecule has 0 amide bonds. The van der Waals surface area contributed by atoms with E-state index in [0.717, 1.165) is 12.1 Å². The van der Waals surface area contributed by atoms with Gasteiger partial charge in [-0.05, 0) is 38.1 Å². The highest BCUT2D eigenvalue weighted by Crippen LogP contribution is 2.34. The lowest BCUT2D eigenvalue weighted by Gasteiger charge is -2.19. The number of nitrogens with two attached hydrogens (primary N) is 2. The lowest BCUT2D eigenvalue weighted by Crippen LogP contribution is -2.23. The second kappa shape index (κ2) is 8.26. The molecule has 166 valence electrons. The molecule has 0 aromatic heterocycles. The van der Waals surface area contributed by atoms with Crippen LogP contribution in [0.2, 0.25) is 5.02 Å². The van der Waals surface area contributed by atoms with Crippen LogP contribution >= 0.6 is 11.6 Å². The predicted molar refractivity (Wildman–Crippen MR) is 108 cm³/mol. The van der Waals surface area contributed by atoms with E-state index in [2.05, 4.69) is 9.98 Å². The third-order valence-electron chi connectivity index (χ3n) is 4.84. The molecule has 11 heteroatoms. The minimum Gasteiger partial charge on any atom is -0.462 e. The van der Waals surface area contributed by atoms with Gasteiger partial charge in [0.1, 0.15) is 30.1 Å². The third kappa shape index (κ3) is 4.53. The molecular weight excluding hydrogens is 440 g/mol. The smallest absolute Gasteiger partial charge is 0.283 e. The average Bonchev–Trinajstić information content (AvgIpc) is 3.24. The number of halogens is 5. The van der Waals surface area contributed by atoms with E-state index in [4.69, 9.17) is 32.5 Å². The molecule has 2 aromatic carbocycles. The Morgan fingerprint density at radius 2 is 1.32 bits per heavy atom. The Labute approximate surface area is 180 Å². The molecule has 0 saturated carbocycles. The molecule has 4 N–H and O–H groups in total. The molecule has 2 aromatic rings. The summed E-state index contributed by atoms with van der Waals surface area (Å²) < 4.78 is 62.8. The molecule has 31 heavy (non-hydrogen) atoms. The summed E-state index contributed by atoms with van der Waals surface area (Å²) in [5.41, 5.74) is 9.15. The van der Waals surface area contributed by atoms with Crippen LogP contribution in [-0.4, -0.2) is 25.3 Å². The standard InChI is InChI=1S/C10H10ClFN2O.C10H9F3N2O/c1-10(5-15-9(13)14-10)7-4-6(11)2-3-8(7)12;1-10(4-16-9(14)15-10)5-2-3-6(11)8(13)7(5)12/h2-4H,5H2,1H3,(H2,13,14);2-3H,4H2,1H3,(H2,14,15)/t10-;/m1./s1. The zero-order valence-corrected chi connectivity index (χ0v) is 17.3. The molecule has 0 saturated heterocycles. The summed E-state index contributed by atoms with van der Waals surface area (Å²) in [6.07, 6.45) is 0. The topological polar surface area (TPSA) is 95.2 Å². The van der Waals surface area contributed by atoms with Crippen LogP contribution in [0.15, 0.2) is 40.3 Å². The fraction of sp³-hybridized carbons (Fsp3) is 0.300. The predicted octanol–water partition coefficient (Wildman–Crippen LogP) is 3.70. The number of hydrogen-bond acceptors (Lipinski definition) is 6. The Morgan fingerprint density at radius 3 is 1.84 bits per heavy atom. The highest BCUT2D eigenvalue weighted by atomic mass is 35.5. The Bertz CT molecular complexity index is 1080. The monoisotopic (exact) mass is 458 g/mol. The van der Waals surface area contributed by atoms with Gasteiger partial charge in [0.05, 0.1) is 0 Å². The zero-order valence-electron chi connectivity index (χ0n) is 16.6. The Hall–Kier alpha value is -3.01. The van der Waals surface area contributed by atoms with Gasteiger partial charge in [0.2, 0.25) is 0 Å². The number of rotatable bonds is 2. The van der Waals surface area contributed by atoms with Crippen LogP contribution in [-0.2, 0) is 20.6 Å². The van der Waals surface area contributed by atoms with Crippen molar-refractivity contribution in [1.29, 1.82) is 0 Å². The van der Waals surface area contributed by atoms with Gasteiger partial charge in [0.15, 0.2) is 17.5 Å². The maximum Gasteiger partial charge on any atom is 0.283 e. The zero-order chi connectivity index (χ0) is 23.0. The van der Waals surface area contributed by atoms with Crippen molar-refractivity contribution in [1.82, 2.24) is 0 Å². The first-order chi connectivity index (χ1) is 14.4. The van der Waals surface area contributed by atoms with E-state index in [1.165, 1.54) is 19.1 Å². The van der Waals surface area contributed by atoms with Crippen molar-refractivity contribution in [3.05, 3.63) is 69.8 Å². The van der Waals surface area contributed by atoms with Crippen LogP contribution in [0.25, 0.3) is 0 Å². The molecule has 2 atom stereocenters. The molecule has 0 fully saturated rings. The van der Waals surface area contributed by atoms with Gasteiger partial charge in [0, 0.05) is 16.1 Å². The summed E-state index contributed by atoms with van der Waals surface area (Å²) >= 11 is 5.81. The number of benzene rings is 2. The summed E-state index contributed by atoms with van der Waals surface area (Å²) in [5, 5.41) is 0.466. The van der Waals surface area contributed by atoms with Gasteiger partial charge in [-0.2, -0.15) is 0 Å². The molecule has 1 unspecified atom stereocenters. The van der Waals surface area contributed by atoms with Crippen molar-refractivity contribution in [3.8, 4) is 0 Å². The number of ether oxygens (including phenoxy) is 2. The maximum absolute atomic E-state index is 13.6. The minimum absolute atomic E-state index is 0.000819. The number of hydrogen-bond donors (Lipinski definition) is 2. The van der Waals surface area contributed by atoms with Gasteiger partial charge in [-0.1, -0.05) is 17.7 Å². The van der Waals surface area contributed by atoms with Crippen molar-refractivity contribution in [2.24, 2.45) is 21.5 Å². The summed E-state index contributed by atoms with van der Waals surface area (Å²) in [5.74, 6) is -4.37. The van der Waals surface area contributed by atoms with Crippen LogP contribution in [0.4, 0.5) is 17.6 Å². The molecule has 0 radical (unpaired) electrons. The van der Waals surface area contributed by atoms with Gasteiger partial charge < -0.3 is 20.9 Å². The number of nitrogens with zero attached hydrogens (tertiary/aromatic N) is 2. The first-order valence-electron chi connectivity index (χ1n) is 9.01. The summed E-state index contributed by atoms with van der Waals surface area (Å²) in [4.78, 5) is 7.93. The highest BCUT2D eigenvalue weighted by Gasteiger charge is 2.37. The van der Waals surface area contributed by atoms with Gasteiger partial charge in [-0.25, -0.2) is 27.5 Å².